The quantitative estimate of drug-likeness (QED) is 0.477. The van der Waals surface area contributed by atoms with Crippen molar-refractivity contribution in [2.45, 2.75) is 25.5 Å². The van der Waals surface area contributed by atoms with Gasteiger partial charge in [-0.2, -0.15) is 0 Å². The highest BCUT2D eigenvalue weighted by molar-refractivity contribution is 8.15. The van der Waals surface area contributed by atoms with Crippen LogP contribution >= 0.6 is 11.8 Å². The van der Waals surface area contributed by atoms with Crippen molar-refractivity contribution in [3.8, 4) is 0 Å². The zero-order valence-electron chi connectivity index (χ0n) is 13.5. The third-order valence-electron chi connectivity index (χ3n) is 3.36. The summed E-state index contributed by atoms with van der Waals surface area (Å²) in [5, 5.41) is 12.1. The van der Waals surface area contributed by atoms with Crippen LogP contribution in [0.1, 0.15) is 30.6 Å². The van der Waals surface area contributed by atoms with E-state index >= 15 is 0 Å². The maximum atomic E-state index is 12.6. The first-order valence-electron chi connectivity index (χ1n) is 7.63. The summed E-state index contributed by atoms with van der Waals surface area (Å²) in [6, 6.07) is 5.69. The molecule has 0 saturated carbocycles. The maximum absolute atomic E-state index is 12.6. The minimum Gasteiger partial charge on any atom is -0.478 e. The van der Waals surface area contributed by atoms with Gasteiger partial charge in [-0.05, 0) is 38.1 Å². The molecular weight excluding hydrogens is 330 g/mol. The van der Waals surface area contributed by atoms with Crippen LogP contribution in [-0.2, 0) is 9.59 Å². The van der Waals surface area contributed by atoms with Crippen molar-refractivity contribution in [3.63, 3.8) is 0 Å². The lowest BCUT2D eigenvalue weighted by Gasteiger charge is -2.15. The van der Waals surface area contributed by atoms with Crippen molar-refractivity contribution < 1.29 is 19.5 Å². The highest BCUT2D eigenvalue weighted by Gasteiger charge is 2.40. The van der Waals surface area contributed by atoms with Crippen LogP contribution in [0.5, 0.6) is 0 Å². The first-order chi connectivity index (χ1) is 11.5. The second kappa shape index (κ2) is 7.96. The molecule has 1 fully saturated rings. The van der Waals surface area contributed by atoms with Crippen LogP contribution in [0.25, 0.3) is 0 Å². The van der Waals surface area contributed by atoms with Gasteiger partial charge in [-0.15, -0.1) is 0 Å². The van der Waals surface area contributed by atoms with Gasteiger partial charge in [0, 0.05) is 19.5 Å². The molecule has 1 atom stereocenters. The predicted octanol–water partition coefficient (Wildman–Crippen LogP) is 1.74. The van der Waals surface area contributed by atoms with E-state index in [0.717, 1.165) is 4.90 Å². The molecule has 1 heterocycles. The summed E-state index contributed by atoms with van der Waals surface area (Å²) in [5.41, 5.74) is 0.490. The number of rotatable bonds is 5. The van der Waals surface area contributed by atoms with Crippen molar-refractivity contribution in [2.24, 2.45) is 4.99 Å². The molecule has 7 nitrogen and oxygen atoms in total. The maximum Gasteiger partial charge on any atom is 0.335 e. The van der Waals surface area contributed by atoms with Gasteiger partial charge in [0.2, 0.25) is 11.8 Å². The molecular formula is C16H19N3O4S. The number of nitrogens with zero attached hydrogens (tertiary/aromatic N) is 2. The van der Waals surface area contributed by atoms with Crippen LogP contribution in [0.4, 0.5) is 5.69 Å². The molecule has 2 amide bonds. The van der Waals surface area contributed by atoms with E-state index in [9.17, 15) is 14.4 Å². The Morgan fingerprint density at radius 3 is 2.54 bits per heavy atom. The average Bonchev–Trinajstić information content (AvgIpc) is 2.82. The Kier molecular flexibility index (Phi) is 5.97. The van der Waals surface area contributed by atoms with Crippen LogP contribution in [0.15, 0.2) is 29.3 Å². The largest absolute Gasteiger partial charge is 0.478 e. The molecule has 128 valence electrons. The molecule has 1 aromatic carbocycles. The molecule has 8 heteroatoms. The number of aromatic carboxylic acids is 1. The molecule has 0 bridgehead atoms. The highest BCUT2D eigenvalue weighted by Crippen LogP contribution is 2.30. The number of carbonyl (C=O) groups is 3. The SMILES string of the molecule is CCN=C(NCC)SC1CC(=O)N(c2ccc(C(=O)O)cc2)C1=O. The van der Waals surface area contributed by atoms with Gasteiger partial charge >= 0.3 is 5.97 Å². The highest BCUT2D eigenvalue weighted by atomic mass is 32.2. The molecule has 1 aromatic rings. The number of aliphatic imine (C=N–C) groups is 1. The zero-order valence-corrected chi connectivity index (χ0v) is 14.3. The predicted molar refractivity (Wildman–Crippen MR) is 93.5 cm³/mol. The second-order valence-corrected chi connectivity index (χ2v) is 6.23. The third-order valence-corrected chi connectivity index (χ3v) is 4.51. The molecule has 24 heavy (non-hydrogen) atoms. The Bertz CT molecular complexity index is 672. The number of carboxylic acid groups (broad SMARTS) is 1. The summed E-state index contributed by atoms with van der Waals surface area (Å²) in [4.78, 5) is 41.1. The Morgan fingerprint density at radius 2 is 2.00 bits per heavy atom. The molecule has 0 aliphatic carbocycles. The number of carbonyl (C=O) groups excluding carboxylic acids is 2. The van der Waals surface area contributed by atoms with E-state index in [1.807, 2.05) is 13.8 Å². The van der Waals surface area contributed by atoms with Gasteiger partial charge in [0.25, 0.3) is 0 Å². The second-order valence-electron chi connectivity index (χ2n) is 5.04. The van der Waals surface area contributed by atoms with E-state index < -0.39 is 11.2 Å². The lowest BCUT2D eigenvalue weighted by atomic mass is 10.2. The fourth-order valence-electron chi connectivity index (χ4n) is 2.28. The van der Waals surface area contributed by atoms with Gasteiger partial charge in [-0.25, -0.2) is 9.69 Å². The molecule has 0 spiro atoms. The average molecular weight is 349 g/mol. The van der Waals surface area contributed by atoms with Gasteiger partial charge in [-0.3, -0.25) is 14.6 Å². The van der Waals surface area contributed by atoms with Crippen LogP contribution < -0.4 is 10.2 Å². The molecule has 2 rings (SSSR count). The van der Waals surface area contributed by atoms with E-state index in [1.54, 1.807) is 0 Å². The van der Waals surface area contributed by atoms with E-state index in [-0.39, 0.29) is 23.8 Å². The van der Waals surface area contributed by atoms with Crippen LogP contribution in [-0.4, -0.2) is 46.4 Å². The van der Waals surface area contributed by atoms with E-state index in [0.29, 0.717) is 23.9 Å². The topological polar surface area (TPSA) is 99.1 Å². The smallest absolute Gasteiger partial charge is 0.335 e. The fourth-order valence-corrected chi connectivity index (χ4v) is 3.42. The number of nitrogens with one attached hydrogen (secondary N) is 1. The van der Waals surface area contributed by atoms with Gasteiger partial charge in [0.1, 0.15) is 5.25 Å². The zero-order chi connectivity index (χ0) is 17.7. The number of amidine groups is 1. The standard InChI is InChI=1S/C16H19N3O4S/c1-3-17-16(18-4-2)24-12-9-13(20)19(14(12)21)11-7-5-10(6-8-11)15(22)23/h5-8,12H,3-4,9H2,1-2H3,(H,17,18)(H,22,23). The number of hydrogen-bond donors (Lipinski definition) is 2. The van der Waals surface area contributed by atoms with Gasteiger partial charge in [0.15, 0.2) is 5.17 Å². The summed E-state index contributed by atoms with van der Waals surface area (Å²) < 4.78 is 0. The minimum atomic E-state index is -1.06. The number of hydrogen-bond acceptors (Lipinski definition) is 5. The van der Waals surface area contributed by atoms with Gasteiger partial charge in [-0.1, -0.05) is 11.8 Å². The van der Waals surface area contributed by atoms with Crippen molar-refractivity contribution in [2.75, 3.05) is 18.0 Å². The third kappa shape index (κ3) is 3.94. The van der Waals surface area contributed by atoms with Crippen LogP contribution in [0.3, 0.4) is 0 Å². The number of benzene rings is 1. The Hall–Kier alpha value is -2.35. The molecule has 1 unspecified atom stereocenters. The Labute approximate surface area is 144 Å². The molecule has 0 radical (unpaired) electrons. The number of amides is 2. The normalized spacial score (nSPS) is 18.2. The first-order valence-corrected chi connectivity index (χ1v) is 8.51. The number of imide groups is 1. The lowest BCUT2D eigenvalue weighted by Crippen LogP contribution is -2.32. The number of anilines is 1. The minimum absolute atomic E-state index is 0.0955. The first kappa shape index (κ1) is 18.0. The summed E-state index contributed by atoms with van der Waals surface area (Å²) >= 11 is 1.25. The molecule has 1 aliphatic heterocycles. The fraction of sp³-hybridized carbons (Fsp3) is 0.375. The molecule has 1 saturated heterocycles. The van der Waals surface area contributed by atoms with Crippen molar-refractivity contribution in [1.82, 2.24) is 5.32 Å². The molecule has 1 aliphatic rings. The lowest BCUT2D eigenvalue weighted by molar-refractivity contribution is -0.121. The van der Waals surface area contributed by atoms with Crippen LogP contribution in [0, 0.1) is 0 Å². The van der Waals surface area contributed by atoms with E-state index in [4.69, 9.17) is 5.11 Å². The van der Waals surface area contributed by atoms with Gasteiger partial charge in [0.05, 0.1) is 11.3 Å². The molecule has 2 N–H and O–H groups in total. The van der Waals surface area contributed by atoms with Gasteiger partial charge < -0.3 is 10.4 Å². The van der Waals surface area contributed by atoms with Crippen LogP contribution in [0.2, 0.25) is 0 Å². The van der Waals surface area contributed by atoms with E-state index in [2.05, 4.69) is 10.3 Å². The van der Waals surface area contributed by atoms with E-state index in [1.165, 1.54) is 36.0 Å². The van der Waals surface area contributed by atoms with Crippen molar-refractivity contribution in [3.05, 3.63) is 29.8 Å². The van der Waals surface area contributed by atoms with Crippen molar-refractivity contribution >= 4 is 40.4 Å². The number of carboxylic acids is 1. The summed E-state index contributed by atoms with van der Waals surface area (Å²) in [7, 11) is 0. The summed E-state index contributed by atoms with van der Waals surface area (Å²) in [5.74, 6) is -1.66. The summed E-state index contributed by atoms with van der Waals surface area (Å²) in [6.45, 7) is 5.10. The summed E-state index contributed by atoms with van der Waals surface area (Å²) in [6.07, 6.45) is 0.0955. The molecule has 0 aromatic heterocycles. The monoisotopic (exact) mass is 349 g/mol. The Balaban J connectivity index is 2.16. The number of thioether (sulfide) groups is 1. The van der Waals surface area contributed by atoms with Crippen molar-refractivity contribution in [1.29, 1.82) is 0 Å². The Morgan fingerprint density at radius 1 is 1.33 bits per heavy atom.